The largest absolute Gasteiger partial charge is 0.304 e. The highest BCUT2D eigenvalue weighted by Crippen LogP contribution is 2.29. The molecular formula is C24H23N. The van der Waals surface area contributed by atoms with E-state index in [-0.39, 0.29) is 12.1 Å². The maximum Gasteiger partial charge on any atom is 0.0303 e. The van der Waals surface area contributed by atoms with Gasteiger partial charge < -0.3 is 5.32 Å². The molecule has 1 heteroatoms. The summed E-state index contributed by atoms with van der Waals surface area (Å²) in [7, 11) is 0. The molecule has 0 aliphatic rings. The van der Waals surface area contributed by atoms with Crippen LogP contribution in [0.25, 0.3) is 21.5 Å². The predicted molar refractivity (Wildman–Crippen MR) is 108 cm³/mol. The van der Waals surface area contributed by atoms with Crippen molar-refractivity contribution in [2.75, 3.05) is 0 Å². The summed E-state index contributed by atoms with van der Waals surface area (Å²) in [5.74, 6) is 0. The fraction of sp³-hybridized carbons (Fsp3) is 0.167. The average Bonchev–Trinajstić information content (AvgIpc) is 2.67. The van der Waals surface area contributed by atoms with Gasteiger partial charge in [0.25, 0.3) is 0 Å². The molecule has 0 heterocycles. The third kappa shape index (κ3) is 3.04. The Balaban J connectivity index is 1.66. The van der Waals surface area contributed by atoms with Gasteiger partial charge in [-0.25, -0.2) is 0 Å². The standard InChI is InChI=1S/C24H23N/c1-17(21-15-7-11-19-9-3-5-13-23(19)21)25-18(2)22-16-8-12-20-10-4-6-14-24(20)22/h3-18,25H,1-2H3/t17-,18+. The lowest BCUT2D eigenvalue weighted by Crippen LogP contribution is -2.22. The van der Waals surface area contributed by atoms with E-state index in [1.54, 1.807) is 0 Å². The van der Waals surface area contributed by atoms with Crippen LogP contribution in [-0.2, 0) is 0 Å². The van der Waals surface area contributed by atoms with Crippen LogP contribution in [0, 0.1) is 0 Å². The summed E-state index contributed by atoms with van der Waals surface area (Å²) in [6.45, 7) is 4.51. The SMILES string of the molecule is C[C@H](N[C@H](C)c1cccc2ccccc12)c1cccc2ccccc12. The van der Waals surface area contributed by atoms with Gasteiger partial charge in [-0.15, -0.1) is 0 Å². The highest BCUT2D eigenvalue weighted by Gasteiger charge is 2.14. The van der Waals surface area contributed by atoms with Crippen molar-refractivity contribution in [2.24, 2.45) is 0 Å². The van der Waals surface area contributed by atoms with E-state index < -0.39 is 0 Å². The number of benzene rings is 4. The fourth-order valence-corrected chi connectivity index (χ4v) is 3.81. The van der Waals surface area contributed by atoms with Crippen LogP contribution >= 0.6 is 0 Å². The van der Waals surface area contributed by atoms with Gasteiger partial charge in [-0.3, -0.25) is 0 Å². The molecule has 0 amide bonds. The normalized spacial score (nSPS) is 13.8. The van der Waals surface area contributed by atoms with E-state index in [1.807, 2.05) is 0 Å². The van der Waals surface area contributed by atoms with Gasteiger partial charge in [-0.05, 0) is 46.5 Å². The van der Waals surface area contributed by atoms with Gasteiger partial charge in [-0.1, -0.05) is 84.9 Å². The summed E-state index contributed by atoms with van der Waals surface area (Å²) in [5, 5.41) is 9.05. The highest BCUT2D eigenvalue weighted by atomic mass is 14.9. The molecule has 25 heavy (non-hydrogen) atoms. The van der Waals surface area contributed by atoms with Gasteiger partial charge in [0.15, 0.2) is 0 Å². The number of hydrogen-bond acceptors (Lipinski definition) is 1. The Bertz CT molecular complexity index is 925. The molecule has 4 aromatic carbocycles. The van der Waals surface area contributed by atoms with E-state index in [1.165, 1.54) is 32.7 Å². The van der Waals surface area contributed by atoms with Crippen molar-refractivity contribution in [3.05, 3.63) is 96.1 Å². The van der Waals surface area contributed by atoms with Crippen molar-refractivity contribution in [2.45, 2.75) is 25.9 Å². The molecular weight excluding hydrogens is 302 g/mol. The molecule has 0 saturated heterocycles. The van der Waals surface area contributed by atoms with Crippen LogP contribution in [0.3, 0.4) is 0 Å². The number of rotatable bonds is 4. The van der Waals surface area contributed by atoms with Crippen LogP contribution in [0.5, 0.6) is 0 Å². The maximum atomic E-state index is 3.80. The molecule has 0 radical (unpaired) electrons. The highest BCUT2D eigenvalue weighted by molar-refractivity contribution is 5.87. The van der Waals surface area contributed by atoms with Crippen molar-refractivity contribution in [3.8, 4) is 0 Å². The van der Waals surface area contributed by atoms with Crippen LogP contribution < -0.4 is 5.32 Å². The molecule has 0 aliphatic heterocycles. The first kappa shape index (κ1) is 15.9. The Morgan fingerprint density at radius 3 is 1.40 bits per heavy atom. The molecule has 4 aromatic rings. The number of hydrogen-bond donors (Lipinski definition) is 1. The Hall–Kier alpha value is -2.64. The van der Waals surface area contributed by atoms with Gasteiger partial charge in [0.1, 0.15) is 0 Å². The summed E-state index contributed by atoms with van der Waals surface area (Å²) >= 11 is 0. The van der Waals surface area contributed by atoms with E-state index >= 15 is 0 Å². The van der Waals surface area contributed by atoms with Crippen molar-refractivity contribution in [1.29, 1.82) is 0 Å². The van der Waals surface area contributed by atoms with E-state index in [9.17, 15) is 0 Å². The first-order chi connectivity index (χ1) is 12.2. The first-order valence-electron chi connectivity index (χ1n) is 8.95. The summed E-state index contributed by atoms with van der Waals surface area (Å²) in [4.78, 5) is 0. The molecule has 1 N–H and O–H groups in total. The monoisotopic (exact) mass is 325 g/mol. The summed E-state index contributed by atoms with van der Waals surface area (Å²) in [5.41, 5.74) is 2.70. The maximum absolute atomic E-state index is 3.80. The minimum absolute atomic E-state index is 0.278. The quantitative estimate of drug-likeness (QED) is 0.457. The van der Waals surface area contributed by atoms with Crippen LogP contribution in [0.15, 0.2) is 84.9 Å². The molecule has 0 fully saturated rings. The molecule has 2 atom stereocenters. The zero-order valence-corrected chi connectivity index (χ0v) is 14.7. The Labute approximate surface area is 149 Å². The first-order valence-corrected chi connectivity index (χ1v) is 8.95. The number of nitrogens with one attached hydrogen (secondary N) is 1. The van der Waals surface area contributed by atoms with Gasteiger partial charge in [0.2, 0.25) is 0 Å². The van der Waals surface area contributed by atoms with Crippen molar-refractivity contribution >= 4 is 21.5 Å². The van der Waals surface area contributed by atoms with E-state index in [2.05, 4.69) is 104 Å². The fourth-order valence-electron chi connectivity index (χ4n) is 3.81. The van der Waals surface area contributed by atoms with E-state index in [0.717, 1.165) is 0 Å². The lowest BCUT2D eigenvalue weighted by molar-refractivity contribution is 0.499. The molecule has 0 aliphatic carbocycles. The van der Waals surface area contributed by atoms with Crippen LogP contribution in [0.4, 0.5) is 0 Å². The summed E-state index contributed by atoms with van der Waals surface area (Å²) in [6, 6.07) is 30.9. The molecule has 0 spiro atoms. The van der Waals surface area contributed by atoms with Crippen molar-refractivity contribution in [1.82, 2.24) is 5.32 Å². The second-order valence-corrected chi connectivity index (χ2v) is 6.75. The molecule has 1 nitrogen and oxygen atoms in total. The zero-order chi connectivity index (χ0) is 17.2. The molecule has 0 unspecified atom stereocenters. The van der Waals surface area contributed by atoms with Crippen molar-refractivity contribution in [3.63, 3.8) is 0 Å². The van der Waals surface area contributed by atoms with E-state index in [4.69, 9.17) is 0 Å². The Morgan fingerprint density at radius 2 is 0.920 bits per heavy atom. The Kier molecular flexibility index (Phi) is 4.25. The lowest BCUT2D eigenvalue weighted by Gasteiger charge is -2.23. The van der Waals surface area contributed by atoms with Gasteiger partial charge >= 0.3 is 0 Å². The van der Waals surface area contributed by atoms with Gasteiger partial charge in [0.05, 0.1) is 0 Å². The molecule has 4 rings (SSSR count). The van der Waals surface area contributed by atoms with Gasteiger partial charge in [-0.2, -0.15) is 0 Å². The van der Waals surface area contributed by atoms with E-state index in [0.29, 0.717) is 0 Å². The predicted octanol–water partition coefficient (Wildman–Crippen LogP) is 6.40. The molecule has 0 saturated carbocycles. The average molecular weight is 325 g/mol. The molecule has 124 valence electrons. The van der Waals surface area contributed by atoms with Crippen LogP contribution in [0.2, 0.25) is 0 Å². The summed E-state index contributed by atoms with van der Waals surface area (Å²) in [6.07, 6.45) is 0. The minimum atomic E-state index is 0.278. The smallest absolute Gasteiger partial charge is 0.0303 e. The summed E-state index contributed by atoms with van der Waals surface area (Å²) < 4.78 is 0. The Morgan fingerprint density at radius 1 is 0.520 bits per heavy atom. The number of fused-ring (bicyclic) bond motifs is 2. The lowest BCUT2D eigenvalue weighted by atomic mass is 9.96. The topological polar surface area (TPSA) is 12.0 Å². The van der Waals surface area contributed by atoms with Gasteiger partial charge in [0, 0.05) is 12.1 Å². The van der Waals surface area contributed by atoms with Crippen LogP contribution in [0.1, 0.15) is 37.1 Å². The molecule has 0 aromatic heterocycles. The third-order valence-electron chi connectivity index (χ3n) is 5.08. The minimum Gasteiger partial charge on any atom is -0.304 e. The second-order valence-electron chi connectivity index (χ2n) is 6.75. The zero-order valence-electron chi connectivity index (χ0n) is 14.7. The second kappa shape index (κ2) is 6.70. The third-order valence-corrected chi connectivity index (χ3v) is 5.08. The molecule has 0 bridgehead atoms. The van der Waals surface area contributed by atoms with Crippen LogP contribution in [-0.4, -0.2) is 0 Å². The van der Waals surface area contributed by atoms with Crippen molar-refractivity contribution < 1.29 is 0 Å².